The van der Waals surface area contributed by atoms with Crippen molar-refractivity contribution in [1.29, 1.82) is 0 Å². The van der Waals surface area contributed by atoms with E-state index >= 15 is 0 Å². The number of nitrogens with zero attached hydrogens (tertiary/aromatic N) is 3. The van der Waals surface area contributed by atoms with Crippen LogP contribution < -0.4 is 10.2 Å². The highest BCUT2D eigenvalue weighted by Gasteiger charge is 2.20. The maximum Gasteiger partial charge on any atom is 0.129 e. The van der Waals surface area contributed by atoms with Crippen molar-refractivity contribution in [2.24, 2.45) is 0 Å². The summed E-state index contributed by atoms with van der Waals surface area (Å²) < 4.78 is 0. The minimum absolute atomic E-state index is 0.763. The molecule has 1 aromatic rings. The molecule has 1 aliphatic heterocycles. The van der Waals surface area contributed by atoms with E-state index in [1.165, 1.54) is 31.4 Å². The number of anilines is 1. The Labute approximate surface area is 122 Å². The molecule has 4 heteroatoms. The SMILES string of the molecule is Cc1cc(CNC2CC2)cc(N2CCCN(C)CC2)n1. The van der Waals surface area contributed by atoms with Gasteiger partial charge in [-0.1, -0.05) is 0 Å². The van der Waals surface area contributed by atoms with Crippen LogP contribution in [0.25, 0.3) is 0 Å². The Balaban J connectivity index is 1.70. The molecule has 2 heterocycles. The van der Waals surface area contributed by atoms with E-state index in [2.05, 4.69) is 41.2 Å². The van der Waals surface area contributed by atoms with Gasteiger partial charge < -0.3 is 15.1 Å². The Morgan fingerprint density at radius 1 is 1.20 bits per heavy atom. The molecule has 110 valence electrons. The molecule has 3 rings (SSSR count). The van der Waals surface area contributed by atoms with Crippen LogP contribution in [0.4, 0.5) is 5.82 Å². The zero-order chi connectivity index (χ0) is 13.9. The third-order valence-electron chi connectivity index (χ3n) is 4.22. The predicted octanol–water partition coefficient (Wildman–Crippen LogP) is 1.78. The van der Waals surface area contributed by atoms with Gasteiger partial charge in [0, 0.05) is 37.9 Å². The number of pyridine rings is 1. The summed E-state index contributed by atoms with van der Waals surface area (Å²) in [6, 6.07) is 5.25. The zero-order valence-corrected chi connectivity index (χ0v) is 12.7. The molecule has 0 amide bonds. The van der Waals surface area contributed by atoms with Crippen molar-refractivity contribution >= 4 is 5.82 Å². The maximum absolute atomic E-state index is 4.75. The summed E-state index contributed by atoms with van der Waals surface area (Å²) in [5.74, 6) is 1.16. The van der Waals surface area contributed by atoms with E-state index in [-0.39, 0.29) is 0 Å². The van der Waals surface area contributed by atoms with E-state index in [9.17, 15) is 0 Å². The Bertz CT molecular complexity index is 456. The van der Waals surface area contributed by atoms with Crippen LogP contribution >= 0.6 is 0 Å². The summed E-state index contributed by atoms with van der Waals surface area (Å²) >= 11 is 0. The molecular formula is C16H26N4. The van der Waals surface area contributed by atoms with Gasteiger partial charge in [0.2, 0.25) is 0 Å². The number of rotatable bonds is 4. The normalized spacial score (nSPS) is 21.0. The first-order valence-electron chi connectivity index (χ1n) is 7.85. The lowest BCUT2D eigenvalue weighted by molar-refractivity contribution is 0.360. The molecule has 0 spiro atoms. The van der Waals surface area contributed by atoms with Gasteiger partial charge in [-0.15, -0.1) is 0 Å². The average molecular weight is 274 g/mol. The molecule has 20 heavy (non-hydrogen) atoms. The molecule has 0 atom stereocenters. The lowest BCUT2D eigenvalue weighted by Gasteiger charge is -2.22. The summed E-state index contributed by atoms with van der Waals surface area (Å²) in [5, 5.41) is 3.60. The highest BCUT2D eigenvalue weighted by Crippen LogP contribution is 2.21. The van der Waals surface area contributed by atoms with Gasteiger partial charge >= 0.3 is 0 Å². The van der Waals surface area contributed by atoms with E-state index in [0.29, 0.717) is 0 Å². The van der Waals surface area contributed by atoms with Gasteiger partial charge in [-0.2, -0.15) is 0 Å². The fraction of sp³-hybridized carbons (Fsp3) is 0.688. The number of aryl methyl sites for hydroxylation is 1. The Morgan fingerprint density at radius 3 is 2.85 bits per heavy atom. The third kappa shape index (κ3) is 3.70. The second-order valence-electron chi connectivity index (χ2n) is 6.27. The molecule has 4 nitrogen and oxygen atoms in total. The highest BCUT2D eigenvalue weighted by molar-refractivity contribution is 5.43. The second kappa shape index (κ2) is 6.10. The van der Waals surface area contributed by atoms with E-state index in [1.807, 2.05) is 0 Å². The predicted molar refractivity (Wildman–Crippen MR) is 83.2 cm³/mol. The minimum Gasteiger partial charge on any atom is -0.355 e. The van der Waals surface area contributed by atoms with Crippen molar-refractivity contribution < 1.29 is 0 Å². The molecule has 2 aliphatic rings. The molecule has 1 saturated heterocycles. The molecule has 2 fully saturated rings. The van der Waals surface area contributed by atoms with Crippen LogP contribution in [0.3, 0.4) is 0 Å². The average Bonchev–Trinajstić information content (AvgIpc) is 3.23. The topological polar surface area (TPSA) is 31.4 Å². The molecule has 1 aliphatic carbocycles. The van der Waals surface area contributed by atoms with Crippen LogP contribution in [-0.4, -0.2) is 49.2 Å². The first-order chi connectivity index (χ1) is 9.70. The van der Waals surface area contributed by atoms with Crippen molar-refractivity contribution in [2.45, 2.75) is 38.8 Å². The maximum atomic E-state index is 4.75. The van der Waals surface area contributed by atoms with Gasteiger partial charge in [0.05, 0.1) is 0 Å². The molecule has 1 N–H and O–H groups in total. The van der Waals surface area contributed by atoms with Gasteiger partial charge in [0.1, 0.15) is 5.82 Å². The number of nitrogens with one attached hydrogen (secondary N) is 1. The number of aromatic nitrogens is 1. The van der Waals surface area contributed by atoms with Crippen LogP contribution in [-0.2, 0) is 6.54 Å². The second-order valence-corrected chi connectivity index (χ2v) is 6.27. The van der Waals surface area contributed by atoms with Gasteiger partial charge in [0.15, 0.2) is 0 Å². The zero-order valence-electron chi connectivity index (χ0n) is 12.7. The van der Waals surface area contributed by atoms with Crippen molar-refractivity contribution in [2.75, 3.05) is 38.1 Å². The molecule has 0 bridgehead atoms. The van der Waals surface area contributed by atoms with Gasteiger partial charge in [-0.05, 0) is 57.5 Å². The quantitative estimate of drug-likeness (QED) is 0.907. The van der Waals surface area contributed by atoms with Crippen LogP contribution in [0.2, 0.25) is 0 Å². The van der Waals surface area contributed by atoms with Gasteiger partial charge in [-0.25, -0.2) is 4.98 Å². The summed E-state index contributed by atoms with van der Waals surface area (Å²) in [6.45, 7) is 7.62. The van der Waals surface area contributed by atoms with Gasteiger partial charge in [-0.3, -0.25) is 0 Å². The number of hydrogen-bond donors (Lipinski definition) is 1. The summed E-state index contributed by atoms with van der Waals surface area (Å²) in [5.41, 5.74) is 2.50. The van der Waals surface area contributed by atoms with Crippen molar-refractivity contribution in [1.82, 2.24) is 15.2 Å². The Hall–Kier alpha value is -1.13. The minimum atomic E-state index is 0.763. The molecule has 0 aromatic carbocycles. The van der Waals surface area contributed by atoms with Crippen LogP contribution in [0, 0.1) is 6.92 Å². The summed E-state index contributed by atoms with van der Waals surface area (Å²) in [6.07, 6.45) is 3.91. The third-order valence-corrected chi connectivity index (χ3v) is 4.22. The monoisotopic (exact) mass is 274 g/mol. The molecule has 0 unspecified atom stereocenters. The highest BCUT2D eigenvalue weighted by atomic mass is 15.2. The molecule has 1 aromatic heterocycles. The van der Waals surface area contributed by atoms with Crippen molar-refractivity contribution in [3.05, 3.63) is 23.4 Å². The van der Waals surface area contributed by atoms with Crippen molar-refractivity contribution in [3.8, 4) is 0 Å². The first kappa shape index (κ1) is 13.8. The smallest absolute Gasteiger partial charge is 0.129 e. The van der Waals surface area contributed by atoms with Gasteiger partial charge in [0.25, 0.3) is 0 Å². The van der Waals surface area contributed by atoms with E-state index < -0.39 is 0 Å². The fourth-order valence-corrected chi connectivity index (χ4v) is 2.81. The van der Waals surface area contributed by atoms with E-state index in [4.69, 9.17) is 4.98 Å². The lowest BCUT2D eigenvalue weighted by atomic mass is 10.2. The summed E-state index contributed by atoms with van der Waals surface area (Å²) in [7, 11) is 2.21. The van der Waals surface area contributed by atoms with Crippen LogP contribution in [0.5, 0.6) is 0 Å². The standard InChI is InChI=1S/C16H26N4/c1-13-10-14(12-17-15-4-5-15)11-16(18-13)20-7-3-6-19(2)8-9-20/h10-11,15,17H,3-9,12H2,1-2H3. The first-order valence-corrected chi connectivity index (χ1v) is 7.85. The Kier molecular flexibility index (Phi) is 4.22. The number of hydrogen-bond acceptors (Lipinski definition) is 4. The van der Waals surface area contributed by atoms with E-state index in [1.54, 1.807) is 0 Å². The fourth-order valence-electron chi connectivity index (χ4n) is 2.81. The largest absolute Gasteiger partial charge is 0.355 e. The lowest BCUT2D eigenvalue weighted by Crippen LogP contribution is -2.29. The van der Waals surface area contributed by atoms with Crippen molar-refractivity contribution in [3.63, 3.8) is 0 Å². The molecule has 0 radical (unpaired) electrons. The van der Waals surface area contributed by atoms with Crippen LogP contribution in [0.1, 0.15) is 30.5 Å². The Morgan fingerprint density at radius 2 is 2.05 bits per heavy atom. The summed E-state index contributed by atoms with van der Waals surface area (Å²) in [4.78, 5) is 9.60. The van der Waals surface area contributed by atoms with E-state index in [0.717, 1.165) is 43.7 Å². The molecule has 1 saturated carbocycles. The number of likely N-dealkylation sites (N-methyl/N-ethyl adjacent to an activating group) is 1. The van der Waals surface area contributed by atoms with Crippen LogP contribution in [0.15, 0.2) is 12.1 Å². The molecular weight excluding hydrogens is 248 g/mol.